The average Bonchev–Trinajstić information content (AvgIpc) is 2.99. The Labute approximate surface area is 115 Å². The summed E-state index contributed by atoms with van der Waals surface area (Å²) in [6, 6.07) is 4.24. The van der Waals surface area contributed by atoms with Crippen LogP contribution >= 0.6 is 0 Å². The molecule has 1 heterocycles. The number of amides is 1. The van der Waals surface area contributed by atoms with E-state index in [0.29, 0.717) is 18.5 Å². The maximum atomic E-state index is 12.7. The molecule has 0 saturated heterocycles. The van der Waals surface area contributed by atoms with E-state index in [-0.39, 0.29) is 5.91 Å². The molecule has 2 unspecified atom stereocenters. The zero-order chi connectivity index (χ0) is 14.0. The van der Waals surface area contributed by atoms with Crippen LogP contribution < -0.4 is 5.73 Å². The quantitative estimate of drug-likeness (QED) is 0.902. The van der Waals surface area contributed by atoms with Crippen molar-refractivity contribution in [2.45, 2.75) is 39.2 Å². The first kappa shape index (κ1) is 14.1. The van der Waals surface area contributed by atoms with Gasteiger partial charge in [0, 0.05) is 25.3 Å². The molecule has 0 spiro atoms. The van der Waals surface area contributed by atoms with E-state index in [4.69, 9.17) is 5.73 Å². The molecule has 1 aliphatic rings. The van der Waals surface area contributed by atoms with E-state index in [2.05, 4.69) is 6.92 Å². The van der Waals surface area contributed by atoms with Gasteiger partial charge in [-0.15, -0.1) is 0 Å². The molecule has 2 N–H and O–H groups in total. The molecule has 2 rings (SSSR count). The van der Waals surface area contributed by atoms with Crippen molar-refractivity contribution < 1.29 is 4.79 Å². The predicted octanol–water partition coefficient (Wildman–Crippen LogP) is 1.92. The molecule has 1 amide bonds. The Kier molecular flexibility index (Phi) is 4.30. The third-order valence-corrected chi connectivity index (χ3v) is 4.52. The highest BCUT2D eigenvalue weighted by atomic mass is 16.2. The van der Waals surface area contributed by atoms with Gasteiger partial charge in [0.1, 0.15) is 5.69 Å². The topological polar surface area (TPSA) is 51.3 Å². The number of hydrogen-bond acceptors (Lipinski definition) is 2. The van der Waals surface area contributed by atoms with Crippen molar-refractivity contribution in [3.05, 3.63) is 23.5 Å². The maximum Gasteiger partial charge on any atom is 0.270 e. The van der Waals surface area contributed by atoms with E-state index >= 15 is 0 Å². The SMILES string of the molecule is CCN(C(=O)c1ccc(C)n1C)C1CCCC1CN. The van der Waals surface area contributed by atoms with Crippen LogP contribution in [-0.4, -0.2) is 34.5 Å². The van der Waals surface area contributed by atoms with Crippen molar-refractivity contribution in [1.82, 2.24) is 9.47 Å². The van der Waals surface area contributed by atoms with Crippen LogP contribution in [0.3, 0.4) is 0 Å². The smallest absolute Gasteiger partial charge is 0.270 e. The van der Waals surface area contributed by atoms with E-state index < -0.39 is 0 Å². The van der Waals surface area contributed by atoms with Gasteiger partial charge < -0.3 is 15.2 Å². The van der Waals surface area contributed by atoms with Gasteiger partial charge in [-0.05, 0) is 51.3 Å². The molecule has 1 saturated carbocycles. The van der Waals surface area contributed by atoms with Gasteiger partial charge in [-0.25, -0.2) is 0 Å². The Balaban J connectivity index is 2.22. The fourth-order valence-electron chi connectivity index (χ4n) is 3.21. The van der Waals surface area contributed by atoms with Crippen molar-refractivity contribution in [2.75, 3.05) is 13.1 Å². The number of carbonyl (C=O) groups excluding carboxylic acids is 1. The molecule has 1 aliphatic carbocycles. The molecule has 1 fully saturated rings. The lowest BCUT2D eigenvalue weighted by molar-refractivity contribution is 0.0642. The van der Waals surface area contributed by atoms with Crippen LogP contribution in [0.1, 0.15) is 42.4 Å². The Morgan fingerprint density at radius 2 is 2.21 bits per heavy atom. The summed E-state index contributed by atoms with van der Waals surface area (Å²) in [5.74, 6) is 0.605. The molecular formula is C15H25N3O. The van der Waals surface area contributed by atoms with Crippen LogP contribution in [0.4, 0.5) is 0 Å². The molecule has 4 nitrogen and oxygen atoms in total. The van der Waals surface area contributed by atoms with Crippen molar-refractivity contribution in [3.8, 4) is 0 Å². The molecule has 106 valence electrons. The van der Waals surface area contributed by atoms with Gasteiger partial charge in [-0.1, -0.05) is 6.42 Å². The molecule has 0 aliphatic heterocycles. The molecule has 4 heteroatoms. The van der Waals surface area contributed by atoms with Gasteiger partial charge in [-0.3, -0.25) is 4.79 Å². The van der Waals surface area contributed by atoms with Crippen LogP contribution in [0.15, 0.2) is 12.1 Å². The minimum absolute atomic E-state index is 0.142. The highest BCUT2D eigenvalue weighted by Gasteiger charge is 2.34. The van der Waals surface area contributed by atoms with Crippen LogP contribution in [0.25, 0.3) is 0 Å². The van der Waals surface area contributed by atoms with Gasteiger partial charge in [-0.2, -0.15) is 0 Å². The molecular weight excluding hydrogens is 238 g/mol. The first-order valence-corrected chi connectivity index (χ1v) is 7.23. The third-order valence-electron chi connectivity index (χ3n) is 4.52. The molecule has 2 atom stereocenters. The lowest BCUT2D eigenvalue weighted by atomic mass is 10.0. The molecule has 0 aromatic carbocycles. The van der Waals surface area contributed by atoms with Crippen LogP contribution in [0, 0.1) is 12.8 Å². The molecule has 1 aromatic heterocycles. The number of nitrogens with two attached hydrogens (primary N) is 1. The largest absolute Gasteiger partial charge is 0.344 e. The highest BCUT2D eigenvalue weighted by molar-refractivity contribution is 5.93. The Hall–Kier alpha value is -1.29. The fraction of sp³-hybridized carbons (Fsp3) is 0.667. The Morgan fingerprint density at radius 3 is 2.74 bits per heavy atom. The standard InChI is InChI=1S/C15H25N3O/c1-4-18(13-7-5-6-12(13)10-16)15(19)14-9-8-11(2)17(14)3/h8-9,12-13H,4-7,10,16H2,1-3H3. The number of aromatic nitrogens is 1. The van der Waals surface area contributed by atoms with Crippen molar-refractivity contribution >= 4 is 5.91 Å². The number of hydrogen-bond donors (Lipinski definition) is 1. The first-order valence-electron chi connectivity index (χ1n) is 7.23. The average molecular weight is 263 g/mol. The summed E-state index contributed by atoms with van der Waals surface area (Å²) in [5, 5.41) is 0. The zero-order valence-corrected chi connectivity index (χ0v) is 12.2. The Morgan fingerprint density at radius 1 is 1.47 bits per heavy atom. The van der Waals surface area contributed by atoms with Crippen molar-refractivity contribution in [2.24, 2.45) is 18.7 Å². The van der Waals surface area contributed by atoms with Crippen LogP contribution in [0.5, 0.6) is 0 Å². The minimum Gasteiger partial charge on any atom is -0.344 e. The fourth-order valence-corrected chi connectivity index (χ4v) is 3.21. The zero-order valence-electron chi connectivity index (χ0n) is 12.2. The summed E-state index contributed by atoms with van der Waals surface area (Å²) in [6.07, 6.45) is 3.42. The summed E-state index contributed by atoms with van der Waals surface area (Å²) >= 11 is 0. The van der Waals surface area contributed by atoms with Crippen molar-refractivity contribution in [1.29, 1.82) is 0 Å². The van der Waals surface area contributed by atoms with Gasteiger partial charge >= 0.3 is 0 Å². The summed E-state index contributed by atoms with van der Waals surface area (Å²) in [4.78, 5) is 14.7. The summed E-state index contributed by atoms with van der Waals surface area (Å²) in [5.41, 5.74) is 7.74. The lowest BCUT2D eigenvalue weighted by Crippen LogP contribution is -2.44. The van der Waals surface area contributed by atoms with E-state index in [9.17, 15) is 4.79 Å². The number of nitrogens with zero attached hydrogens (tertiary/aromatic N) is 2. The van der Waals surface area contributed by atoms with Gasteiger partial charge in [0.25, 0.3) is 5.91 Å². The van der Waals surface area contributed by atoms with E-state index in [1.54, 1.807) is 0 Å². The predicted molar refractivity (Wildman–Crippen MR) is 77.0 cm³/mol. The van der Waals surface area contributed by atoms with Crippen LogP contribution in [0.2, 0.25) is 0 Å². The third kappa shape index (κ3) is 2.54. The monoisotopic (exact) mass is 263 g/mol. The second-order valence-electron chi connectivity index (χ2n) is 5.50. The van der Waals surface area contributed by atoms with E-state index in [0.717, 1.165) is 30.8 Å². The van der Waals surface area contributed by atoms with E-state index in [1.165, 1.54) is 6.42 Å². The number of aryl methyl sites for hydroxylation is 1. The van der Waals surface area contributed by atoms with Gasteiger partial charge in [0.2, 0.25) is 0 Å². The normalized spacial score (nSPS) is 22.7. The lowest BCUT2D eigenvalue weighted by Gasteiger charge is -2.32. The van der Waals surface area contributed by atoms with Crippen molar-refractivity contribution in [3.63, 3.8) is 0 Å². The second-order valence-corrected chi connectivity index (χ2v) is 5.50. The molecule has 0 radical (unpaired) electrons. The Bertz CT molecular complexity index is 452. The summed E-state index contributed by atoms with van der Waals surface area (Å²) < 4.78 is 1.97. The summed E-state index contributed by atoms with van der Waals surface area (Å²) in [7, 11) is 1.95. The second kappa shape index (κ2) is 5.78. The van der Waals surface area contributed by atoms with Gasteiger partial charge in [0.15, 0.2) is 0 Å². The molecule has 19 heavy (non-hydrogen) atoms. The number of rotatable bonds is 4. The van der Waals surface area contributed by atoms with Crippen LogP contribution in [-0.2, 0) is 7.05 Å². The first-order chi connectivity index (χ1) is 9.10. The molecule has 1 aromatic rings. The summed E-state index contributed by atoms with van der Waals surface area (Å²) in [6.45, 7) is 5.51. The maximum absolute atomic E-state index is 12.7. The minimum atomic E-state index is 0.142. The van der Waals surface area contributed by atoms with Gasteiger partial charge in [0.05, 0.1) is 0 Å². The van der Waals surface area contributed by atoms with E-state index in [1.807, 2.05) is 35.6 Å². The molecule has 0 bridgehead atoms. The number of carbonyl (C=O) groups is 1. The highest BCUT2D eigenvalue weighted by Crippen LogP contribution is 2.30.